The van der Waals surface area contributed by atoms with Gasteiger partial charge in [0.2, 0.25) is 0 Å². The lowest BCUT2D eigenvalue weighted by molar-refractivity contribution is -0.288. The topological polar surface area (TPSA) is 47.9 Å². The van der Waals surface area contributed by atoms with E-state index in [0.717, 1.165) is 74.5 Å². The van der Waals surface area contributed by atoms with E-state index in [1.807, 2.05) is 0 Å². The Morgan fingerprint density at radius 1 is 0.443 bits per heavy atom. The molecule has 1 aromatic heterocycles. The fraction of sp³-hybridized carbons (Fsp3) is 0.211. The molecule has 292 valence electrons. The van der Waals surface area contributed by atoms with Crippen LogP contribution in [0.4, 0.5) is 0 Å². The van der Waals surface area contributed by atoms with E-state index in [9.17, 15) is 0 Å². The van der Waals surface area contributed by atoms with Gasteiger partial charge in [-0.1, -0.05) is 140 Å². The van der Waals surface area contributed by atoms with Gasteiger partial charge in [0.25, 0.3) is 0 Å². The van der Waals surface area contributed by atoms with E-state index in [-0.39, 0.29) is 5.41 Å². The highest BCUT2D eigenvalue weighted by Gasteiger charge is 2.79. The zero-order valence-corrected chi connectivity index (χ0v) is 33.9. The van der Waals surface area contributed by atoms with Crippen LogP contribution in [0.1, 0.15) is 66.6 Å². The first-order valence-corrected chi connectivity index (χ1v) is 22.3. The number of nitrogens with zero attached hydrogens (tertiary/aromatic N) is 3. The third kappa shape index (κ3) is 4.42. The zero-order valence-electron chi connectivity index (χ0n) is 33.9. The van der Waals surface area contributed by atoms with Gasteiger partial charge in [0.05, 0.1) is 5.41 Å². The van der Waals surface area contributed by atoms with Gasteiger partial charge in [-0.15, -0.1) is 0 Å². The summed E-state index contributed by atoms with van der Waals surface area (Å²) in [5.41, 5.74) is 14.1. The minimum atomic E-state index is -0.518. The molecule has 4 heteroatoms. The molecule has 2 bridgehead atoms. The Kier molecular flexibility index (Phi) is 6.84. The molecule has 7 aromatic carbocycles. The summed E-state index contributed by atoms with van der Waals surface area (Å²) in [5.74, 6) is 6.82. The molecule has 0 N–H and O–H groups in total. The molecule has 2 spiro atoms. The van der Waals surface area contributed by atoms with E-state index in [0.29, 0.717) is 5.41 Å². The Morgan fingerprint density at radius 2 is 1.03 bits per heavy atom. The van der Waals surface area contributed by atoms with E-state index >= 15 is 0 Å². The molecule has 6 aliphatic carbocycles. The fourth-order valence-electron chi connectivity index (χ4n) is 13.9. The molecule has 1 aliphatic heterocycles. The standard InChI is InChI=1S/C57H43N3O/c1-2-12-36(13-3-1)37-14-10-16-40(29-37)52-58-53(60-54(59-52)55-33-35-26-27-56(55)42(28-35)32-43(56)34-55)41-17-11-15-38(30-41)39-24-25-51-49(31-39)57(48-22-8-9-23-50(48)61-51)46-20-6-4-18-44(46)45-19-5-7-21-47(45)57/h1-25,29-31,35,42-43H,26-28,32-34H2/t35-,42-,43?,55?,56?/m0/s1. The Balaban J connectivity index is 0.931. The maximum absolute atomic E-state index is 6.77. The van der Waals surface area contributed by atoms with Crippen molar-refractivity contribution < 1.29 is 4.74 Å². The van der Waals surface area contributed by atoms with Crippen molar-refractivity contribution in [1.82, 2.24) is 15.0 Å². The van der Waals surface area contributed by atoms with Crippen molar-refractivity contribution in [2.75, 3.05) is 0 Å². The summed E-state index contributed by atoms with van der Waals surface area (Å²) in [4.78, 5) is 16.5. The van der Waals surface area contributed by atoms with Crippen LogP contribution < -0.4 is 4.74 Å². The second-order valence-corrected chi connectivity index (χ2v) is 18.8. The molecular weight excluding hydrogens is 743 g/mol. The fourth-order valence-corrected chi connectivity index (χ4v) is 13.9. The van der Waals surface area contributed by atoms with E-state index < -0.39 is 5.41 Å². The highest BCUT2D eigenvalue weighted by Crippen LogP contribution is 2.83. The smallest absolute Gasteiger partial charge is 0.163 e. The second-order valence-electron chi connectivity index (χ2n) is 18.8. The van der Waals surface area contributed by atoms with Crippen molar-refractivity contribution in [3.63, 3.8) is 0 Å². The molecule has 0 saturated heterocycles. The molecule has 5 saturated carbocycles. The predicted molar refractivity (Wildman–Crippen MR) is 241 cm³/mol. The quantitative estimate of drug-likeness (QED) is 0.174. The van der Waals surface area contributed by atoms with Gasteiger partial charge < -0.3 is 4.74 Å². The number of hydrogen-bond acceptors (Lipinski definition) is 4. The lowest BCUT2D eigenvalue weighted by Gasteiger charge is -2.80. The largest absolute Gasteiger partial charge is 0.457 e. The Hall–Kier alpha value is -6.65. The van der Waals surface area contributed by atoms with Crippen molar-refractivity contribution in [3.8, 4) is 67.7 Å². The first-order chi connectivity index (χ1) is 30.1. The Morgan fingerprint density at radius 3 is 1.74 bits per heavy atom. The normalized spacial score (nSPS) is 24.9. The Bertz CT molecular complexity index is 3090. The number of benzene rings is 7. The number of ether oxygens (including phenoxy) is 1. The lowest BCUT2D eigenvalue weighted by atomic mass is 9.23. The van der Waals surface area contributed by atoms with Crippen LogP contribution in [0.15, 0.2) is 170 Å². The van der Waals surface area contributed by atoms with Crippen molar-refractivity contribution in [3.05, 3.63) is 198 Å². The Labute approximate surface area is 356 Å². The van der Waals surface area contributed by atoms with Gasteiger partial charge in [-0.2, -0.15) is 0 Å². The highest BCUT2D eigenvalue weighted by molar-refractivity contribution is 5.89. The molecule has 5 fully saturated rings. The van der Waals surface area contributed by atoms with E-state index in [2.05, 4.69) is 170 Å². The average Bonchev–Trinajstić information content (AvgIpc) is 3.61. The van der Waals surface area contributed by atoms with Crippen molar-refractivity contribution in [1.29, 1.82) is 0 Å². The van der Waals surface area contributed by atoms with E-state index in [1.54, 1.807) is 0 Å². The van der Waals surface area contributed by atoms with Gasteiger partial charge in [0, 0.05) is 27.7 Å². The molecule has 8 aromatic rings. The third-order valence-electron chi connectivity index (χ3n) is 16.3. The van der Waals surface area contributed by atoms with Crippen LogP contribution in [0.2, 0.25) is 0 Å². The SMILES string of the molecule is c1ccc(-c2cccc(-c3nc(-c4cccc(-c5ccc6c(c5)C5(c7ccccc7O6)c6ccccc6-c6ccccc65)c4)nc(C45CC6C[C@@H]7C[C@H](CCC674)C5)n3)c2)cc1. The number of fused-ring (bicyclic) bond motifs is 10. The number of rotatable bonds is 5. The molecule has 0 radical (unpaired) electrons. The van der Waals surface area contributed by atoms with Crippen LogP contribution in [0.25, 0.3) is 56.2 Å². The predicted octanol–water partition coefficient (Wildman–Crippen LogP) is 13.5. The summed E-state index contributed by atoms with van der Waals surface area (Å²) in [6, 6.07) is 61.5. The van der Waals surface area contributed by atoms with Crippen LogP contribution in [0.3, 0.4) is 0 Å². The summed E-state index contributed by atoms with van der Waals surface area (Å²) in [5, 5.41) is 0. The van der Waals surface area contributed by atoms with Gasteiger partial charge in [0.15, 0.2) is 11.6 Å². The summed E-state index contributed by atoms with van der Waals surface area (Å²) >= 11 is 0. The monoisotopic (exact) mass is 785 g/mol. The van der Waals surface area contributed by atoms with Crippen LogP contribution in [-0.2, 0) is 10.8 Å². The van der Waals surface area contributed by atoms with Crippen molar-refractivity contribution >= 4 is 0 Å². The van der Waals surface area contributed by atoms with Crippen LogP contribution in [0, 0.1) is 23.2 Å². The van der Waals surface area contributed by atoms with Crippen molar-refractivity contribution in [2.45, 2.75) is 49.4 Å². The maximum atomic E-state index is 6.77. The summed E-state index contributed by atoms with van der Waals surface area (Å²) in [7, 11) is 0. The molecule has 61 heavy (non-hydrogen) atoms. The molecule has 3 unspecified atom stereocenters. The van der Waals surface area contributed by atoms with Gasteiger partial charge in [-0.05, 0) is 137 Å². The summed E-state index contributed by atoms with van der Waals surface area (Å²) < 4.78 is 6.77. The van der Waals surface area contributed by atoms with Crippen molar-refractivity contribution in [2.24, 2.45) is 23.2 Å². The highest BCUT2D eigenvalue weighted by atomic mass is 16.5. The number of para-hydroxylation sites is 1. The molecule has 15 rings (SSSR count). The molecular formula is C57H43N3O. The van der Waals surface area contributed by atoms with Gasteiger partial charge in [-0.3, -0.25) is 0 Å². The van der Waals surface area contributed by atoms with Gasteiger partial charge in [-0.25, -0.2) is 15.0 Å². The molecule has 5 atom stereocenters. The van der Waals surface area contributed by atoms with E-state index in [1.165, 1.54) is 77.5 Å². The average molecular weight is 786 g/mol. The lowest BCUT2D eigenvalue weighted by Crippen LogP contribution is -2.76. The first kappa shape index (κ1) is 34.1. The maximum Gasteiger partial charge on any atom is 0.163 e. The zero-order chi connectivity index (χ0) is 39.9. The molecule has 0 amide bonds. The summed E-state index contributed by atoms with van der Waals surface area (Å²) in [6.45, 7) is 0. The molecule has 7 aliphatic rings. The van der Waals surface area contributed by atoms with Crippen LogP contribution in [0.5, 0.6) is 11.5 Å². The van der Waals surface area contributed by atoms with Gasteiger partial charge in [0.1, 0.15) is 17.3 Å². The van der Waals surface area contributed by atoms with Gasteiger partial charge >= 0.3 is 0 Å². The van der Waals surface area contributed by atoms with E-state index in [4.69, 9.17) is 19.7 Å². The third-order valence-corrected chi connectivity index (χ3v) is 16.3. The minimum Gasteiger partial charge on any atom is -0.457 e. The molecule has 4 nitrogen and oxygen atoms in total. The minimum absolute atomic E-state index is 0.0554. The first-order valence-electron chi connectivity index (χ1n) is 22.3. The summed E-state index contributed by atoms with van der Waals surface area (Å²) in [6.07, 6.45) is 7.96. The molecule has 2 heterocycles. The number of hydrogen-bond donors (Lipinski definition) is 0. The number of aromatic nitrogens is 3. The second kappa shape index (κ2) is 12.2. The van der Waals surface area contributed by atoms with Crippen LogP contribution in [-0.4, -0.2) is 15.0 Å². The van der Waals surface area contributed by atoms with Crippen LogP contribution >= 0.6 is 0 Å².